The first-order valence-electron chi connectivity index (χ1n) is 9.50. The molecule has 0 saturated carbocycles. The smallest absolute Gasteiger partial charge is 0.232 e. The molecule has 5 heteroatoms. The predicted octanol–water partition coefficient (Wildman–Crippen LogP) is 4.46. The number of para-hydroxylation sites is 2. The molecule has 2 amide bonds. The van der Waals surface area contributed by atoms with E-state index in [1.807, 2.05) is 84.9 Å². The van der Waals surface area contributed by atoms with Gasteiger partial charge in [-0.1, -0.05) is 48.5 Å². The summed E-state index contributed by atoms with van der Waals surface area (Å²) in [6.45, 7) is 0.394. The molecule has 29 heavy (non-hydrogen) atoms. The Bertz CT molecular complexity index is 903. The molecule has 0 saturated heterocycles. The van der Waals surface area contributed by atoms with Gasteiger partial charge in [-0.3, -0.25) is 14.5 Å². The van der Waals surface area contributed by atoms with Gasteiger partial charge in [-0.2, -0.15) is 0 Å². The maximum Gasteiger partial charge on any atom is 0.232 e. The summed E-state index contributed by atoms with van der Waals surface area (Å²) < 4.78 is 5.19. The fraction of sp³-hybridized carbons (Fsp3) is 0.167. The highest BCUT2D eigenvalue weighted by atomic mass is 16.5. The summed E-state index contributed by atoms with van der Waals surface area (Å²) in [7, 11) is 1.61. The van der Waals surface area contributed by atoms with E-state index in [-0.39, 0.29) is 24.7 Å². The van der Waals surface area contributed by atoms with Gasteiger partial charge in [-0.05, 0) is 42.0 Å². The molecule has 0 fully saturated rings. The molecule has 0 heterocycles. The highest BCUT2D eigenvalue weighted by molar-refractivity contribution is 6.01. The maximum atomic E-state index is 12.9. The lowest BCUT2D eigenvalue weighted by molar-refractivity contribution is -0.125. The second-order valence-electron chi connectivity index (χ2n) is 6.53. The third kappa shape index (κ3) is 5.69. The Kier molecular flexibility index (Phi) is 7.00. The van der Waals surface area contributed by atoms with Gasteiger partial charge in [0.05, 0.1) is 7.11 Å². The molecule has 1 N–H and O–H groups in total. The molecule has 3 aromatic carbocycles. The average molecular weight is 388 g/mol. The molecular formula is C24H24N2O3. The number of amides is 2. The van der Waals surface area contributed by atoms with Crippen LogP contribution in [0.25, 0.3) is 0 Å². The van der Waals surface area contributed by atoms with E-state index in [0.29, 0.717) is 6.54 Å². The highest BCUT2D eigenvalue weighted by Gasteiger charge is 2.18. The van der Waals surface area contributed by atoms with Gasteiger partial charge in [-0.15, -0.1) is 0 Å². The Balaban J connectivity index is 1.60. The lowest BCUT2D eigenvalue weighted by Gasteiger charge is -2.23. The third-order valence-electron chi connectivity index (χ3n) is 4.47. The number of rotatable bonds is 8. The predicted molar refractivity (Wildman–Crippen MR) is 114 cm³/mol. The zero-order chi connectivity index (χ0) is 20.5. The van der Waals surface area contributed by atoms with Crippen molar-refractivity contribution in [3.63, 3.8) is 0 Å². The van der Waals surface area contributed by atoms with Crippen LogP contribution in [-0.4, -0.2) is 18.9 Å². The second-order valence-corrected chi connectivity index (χ2v) is 6.53. The van der Waals surface area contributed by atoms with E-state index in [0.717, 1.165) is 22.7 Å². The Morgan fingerprint density at radius 1 is 0.828 bits per heavy atom. The van der Waals surface area contributed by atoms with E-state index in [2.05, 4.69) is 5.32 Å². The molecule has 0 aliphatic heterocycles. The van der Waals surface area contributed by atoms with Crippen LogP contribution in [0, 0.1) is 0 Å². The van der Waals surface area contributed by atoms with E-state index < -0.39 is 0 Å². The first-order valence-corrected chi connectivity index (χ1v) is 9.50. The van der Waals surface area contributed by atoms with Crippen LogP contribution in [-0.2, 0) is 16.1 Å². The molecule has 0 radical (unpaired) electrons. The summed E-state index contributed by atoms with van der Waals surface area (Å²) in [6, 6.07) is 26.4. The standard InChI is InChI=1S/C24H24N2O3/c1-29-22-14-8-9-19(17-22)18-25-23(27)15-16-24(28)26(20-10-4-2-5-11-20)21-12-6-3-7-13-21/h2-14,17H,15-16,18H2,1H3,(H,25,27). The Labute approximate surface area is 170 Å². The summed E-state index contributed by atoms with van der Waals surface area (Å²) >= 11 is 0. The second kappa shape index (κ2) is 10.1. The van der Waals surface area contributed by atoms with Crippen LogP contribution in [0.2, 0.25) is 0 Å². The van der Waals surface area contributed by atoms with E-state index in [4.69, 9.17) is 4.74 Å². The SMILES string of the molecule is COc1cccc(CNC(=O)CCC(=O)N(c2ccccc2)c2ccccc2)c1. The molecule has 0 aliphatic rings. The minimum atomic E-state index is -0.165. The zero-order valence-electron chi connectivity index (χ0n) is 16.4. The number of carbonyl (C=O) groups excluding carboxylic acids is 2. The fourth-order valence-corrected chi connectivity index (χ4v) is 2.99. The molecule has 0 aromatic heterocycles. The number of nitrogens with one attached hydrogen (secondary N) is 1. The molecule has 0 unspecified atom stereocenters. The normalized spacial score (nSPS) is 10.2. The largest absolute Gasteiger partial charge is 0.497 e. The molecule has 148 valence electrons. The summed E-state index contributed by atoms with van der Waals surface area (Å²) in [4.78, 5) is 26.8. The van der Waals surface area contributed by atoms with Crippen molar-refractivity contribution in [3.05, 3.63) is 90.5 Å². The summed E-state index contributed by atoms with van der Waals surface area (Å²) in [6.07, 6.45) is 0.243. The van der Waals surface area contributed by atoms with Gasteiger partial charge in [0.1, 0.15) is 5.75 Å². The van der Waals surface area contributed by atoms with Crippen molar-refractivity contribution in [1.82, 2.24) is 5.32 Å². The monoisotopic (exact) mass is 388 g/mol. The first kappa shape index (κ1) is 20.1. The van der Waals surface area contributed by atoms with Crippen molar-refractivity contribution in [2.24, 2.45) is 0 Å². The Morgan fingerprint density at radius 2 is 1.45 bits per heavy atom. The molecule has 0 atom stereocenters. The maximum absolute atomic E-state index is 12.9. The number of ether oxygens (including phenoxy) is 1. The lowest BCUT2D eigenvalue weighted by atomic mass is 10.2. The number of carbonyl (C=O) groups is 2. The summed E-state index contributed by atoms with van der Waals surface area (Å²) in [5.74, 6) is 0.453. The van der Waals surface area contributed by atoms with Gasteiger partial charge in [-0.25, -0.2) is 0 Å². The van der Waals surface area contributed by atoms with Crippen molar-refractivity contribution in [1.29, 1.82) is 0 Å². The van der Waals surface area contributed by atoms with Crippen LogP contribution in [0.4, 0.5) is 11.4 Å². The Morgan fingerprint density at radius 3 is 2.03 bits per heavy atom. The molecule has 3 rings (SSSR count). The molecule has 5 nitrogen and oxygen atoms in total. The topological polar surface area (TPSA) is 58.6 Å². The van der Waals surface area contributed by atoms with Crippen molar-refractivity contribution in [2.45, 2.75) is 19.4 Å². The molecule has 3 aromatic rings. The molecular weight excluding hydrogens is 364 g/mol. The van der Waals surface area contributed by atoms with E-state index >= 15 is 0 Å². The van der Waals surface area contributed by atoms with Crippen molar-refractivity contribution in [3.8, 4) is 5.75 Å². The zero-order valence-corrected chi connectivity index (χ0v) is 16.4. The van der Waals surface area contributed by atoms with E-state index in [9.17, 15) is 9.59 Å². The van der Waals surface area contributed by atoms with E-state index in [1.165, 1.54) is 0 Å². The van der Waals surface area contributed by atoms with Gasteiger partial charge in [0.2, 0.25) is 11.8 Å². The highest BCUT2D eigenvalue weighted by Crippen LogP contribution is 2.26. The van der Waals surface area contributed by atoms with Gasteiger partial charge in [0.25, 0.3) is 0 Å². The number of methoxy groups -OCH3 is 1. The van der Waals surface area contributed by atoms with Crippen LogP contribution < -0.4 is 15.0 Å². The minimum Gasteiger partial charge on any atom is -0.497 e. The summed E-state index contributed by atoms with van der Waals surface area (Å²) in [5.41, 5.74) is 2.50. The minimum absolute atomic E-state index is 0.119. The number of benzene rings is 3. The van der Waals surface area contributed by atoms with Gasteiger partial charge >= 0.3 is 0 Å². The molecule has 0 spiro atoms. The quantitative estimate of drug-likeness (QED) is 0.620. The number of hydrogen-bond donors (Lipinski definition) is 1. The van der Waals surface area contributed by atoms with Crippen molar-refractivity contribution < 1.29 is 14.3 Å². The number of anilines is 2. The van der Waals surface area contributed by atoms with Crippen LogP contribution >= 0.6 is 0 Å². The fourth-order valence-electron chi connectivity index (χ4n) is 2.99. The van der Waals surface area contributed by atoms with E-state index in [1.54, 1.807) is 12.0 Å². The third-order valence-corrected chi connectivity index (χ3v) is 4.47. The first-order chi connectivity index (χ1) is 14.2. The van der Waals surface area contributed by atoms with Crippen LogP contribution in [0.5, 0.6) is 5.75 Å². The average Bonchev–Trinajstić information content (AvgIpc) is 2.78. The number of hydrogen-bond acceptors (Lipinski definition) is 3. The van der Waals surface area contributed by atoms with Gasteiger partial charge in [0, 0.05) is 30.8 Å². The van der Waals surface area contributed by atoms with Crippen LogP contribution in [0.1, 0.15) is 18.4 Å². The summed E-state index contributed by atoms with van der Waals surface area (Å²) in [5, 5.41) is 2.86. The number of nitrogens with zero attached hydrogens (tertiary/aromatic N) is 1. The Hall–Kier alpha value is -3.60. The van der Waals surface area contributed by atoms with Gasteiger partial charge in [0.15, 0.2) is 0 Å². The van der Waals surface area contributed by atoms with Crippen molar-refractivity contribution in [2.75, 3.05) is 12.0 Å². The van der Waals surface area contributed by atoms with Crippen LogP contribution in [0.3, 0.4) is 0 Å². The van der Waals surface area contributed by atoms with Crippen LogP contribution in [0.15, 0.2) is 84.9 Å². The molecule has 0 bridgehead atoms. The lowest BCUT2D eigenvalue weighted by Crippen LogP contribution is -2.29. The van der Waals surface area contributed by atoms with Crippen molar-refractivity contribution >= 4 is 23.2 Å². The molecule has 0 aliphatic carbocycles. The van der Waals surface area contributed by atoms with Gasteiger partial charge < -0.3 is 10.1 Å².